The van der Waals surface area contributed by atoms with Gasteiger partial charge in [0.25, 0.3) is 5.89 Å². The van der Waals surface area contributed by atoms with Crippen molar-refractivity contribution < 1.29 is 9.26 Å². The fourth-order valence-corrected chi connectivity index (χ4v) is 2.69. The van der Waals surface area contributed by atoms with Crippen molar-refractivity contribution in [3.8, 4) is 28.7 Å². The van der Waals surface area contributed by atoms with E-state index >= 15 is 0 Å². The van der Waals surface area contributed by atoms with Gasteiger partial charge in [0, 0.05) is 18.3 Å². The molecule has 0 unspecified atom stereocenters. The van der Waals surface area contributed by atoms with E-state index in [1.807, 2.05) is 61.0 Å². The number of pyridine rings is 1. The van der Waals surface area contributed by atoms with Crippen LogP contribution in [0.4, 0.5) is 0 Å². The normalized spacial score (nSPS) is 11.2. The van der Waals surface area contributed by atoms with E-state index in [2.05, 4.69) is 20.4 Å². The Morgan fingerprint density at radius 2 is 2.15 bits per heavy atom. The number of rotatable bonds is 6. The highest BCUT2D eigenvalue weighted by Gasteiger charge is 2.15. The van der Waals surface area contributed by atoms with E-state index in [9.17, 15) is 0 Å². The number of ether oxygens (including phenoxy) is 1. The van der Waals surface area contributed by atoms with Gasteiger partial charge >= 0.3 is 0 Å². The first-order valence-electron chi connectivity index (χ1n) is 8.40. The summed E-state index contributed by atoms with van der Waals surface area (Å²) in [5.41, 5.74) is 3.58. The zero-order valence-electron chi connectivity index (χ0n) is 14.6. The molecule has 0 saturated carbocycles. The molecule has 0 spiro atoms. The molecule has 3 aromatic heterocycles. The molecule has 26 heavy (non-hydrogen) atoms. The maximum absolute atomic E-state index is 5.69. The Hall–Kier alpha value is -3.19. The summed E-state index contributed by atoms with van der Waals surface area (Å²) in [5, 5.41) is 7.17. The van der Waals surface area contributed by atoms with Crippen LogP contribution in [-0.4, -0.2) is 39.7 Å². The Morgan fingerprint density at radius 3 is 3.04 bits per heavy atom. The van der Waals surface area contributed by atoms with Gasteiger partial charge in [-0.25, -0.2) is 4.98 Å². The fraction of sp³-hybridized carbons (Fsp3) is 0.211. The van der Waals surface area contributed by atoms with Crippen LogP contribution >= 0.6 is 0 Å². The molecule has 0 amide bonds. The summed E-state index contributed by atoms with van der Waals surface area (Å²) in [5.74, 6) is 1.71. The minimum absolute atomic E-state index is 0.446. The van der Waals surface area contributed by atoms with Crippen molar-refractivity contribution in [1.82, 2.24) is 24.8 Å². The van der Waals surface area contributed by atoms with Gasteiger partial charge in [0.15, 0.2) is 0 Å². The molecule has 1 N–H and O–H groups in total. The van der Waals surface area contributed by atoms with Crippen molar-refractivity contribution in [2.24, 2.45) is 0 Å². The molecule has 0 fully saturated rings. The van der Waals surface area contributed by atoms with Gasteiger partial charge in [-0.05, 0) is 43.8 Å². The predicted molar refractivity (Wildman–Crippen MR) is 98.1 cm³/mol. The largest absolute Gasteiger partial charge is 0.492 e. The lowest BCUT2D eigenvalue weighted by molar-refractivity contribution is 0.318. The number of benzene rings is 1. The fourth-order valence-electron chi connectivity index (χ4n) is 2.69. The first-order valence-corrected chi connectivity index (χ1v) is 8.40. The second kappa shape index (κ2) is 6.97. The van der Waals surface area contributed by atoms with Crippen molar-refractivity contribution in [2.45, 2.75) is 6.92 Å². The van der Waals surface area contributed by atoms with Gasteiger partial charge < -0.3 is 14.6 Å². The molecule has 7 heteroatoms. The molecular weight excluding hydrogens is 330 g/mol. The number of aryl methyl sites for hydroxylation is 1. The monoisotopic (exact) mass is 349 g/mol. The zero-order valence-corrected chi connectivity index (χ0v) is 14.6. The zero-order chi connectivity index (χ0) is 17.9. The van der Waals surface area contributed by atoms with Gasteiger partial charge in [-0.3, -0.25) is 4.40 Å². The van der Waals surface area contributed by atoms with E-state index in [1.165, 1.54) is 0 Å². The van der Waals surface area contributed by atoms with E-state index < -0.39 is 0 Å². The molecule has 0 bridgehead atoms. The molecular formula is C19H19N5O2. The number of nitrogens with one attached hydrogen (secondary N) is 1. The first kappa shape index (κ1) is 16.3. The molecule has 3 heterocycles. The third-order valence-corrected chi connectivity index (χ3v) is 4.01. The topological polar surface area (TPSA) is 77.5 Å². The van der Waals surface area contributed by atoms with E-state index in [0.29, 0.717) is 18.3 Å². The predicted octanol–water partition coefficient (Wildman–Crippen LogP) is 2.96. The number of imidazole rings is 1. The van der Waals surface area contributed by atoms with Crippen LogP contribution in [0.25, 0.3) is 28.6 Å². The van der Waals surface area contributed by atoms with E-state index in [4.69, 9.17) is 9.26 Å². The van der Waals surface area contributed by atoms with E-state index in [1.54, 1.807) is 6.20 Å². The van der Waals surface area contributed by atoms with Gasteiger partial charge in [-0.1, -0.05) is 17.3 Å². The maximum Gasteiger partial charge on any atom is 0.258 e. The van der Waals surface area contributed by atoms with Gasteiger partial charge in [-0.15, -0.1) is 0 Å². The lowest BCUT2D eigenvalue weighted by atomic mass is 10.2. The summed E-state index contributed by atoms with van der Waals surface area (Å²) in [6.45, 7) is 3.41. The SMILES string of the molecule is CNCCOc1cccc(-c2nc(-c3cnc4ccc(C)cn34)no2)c1. The summed E-state index contributed by atoms with van der Waals surface area (Å²) in [7, 11) is 1.89. The van der Waals surface area contributed by atoms with Crippen LogP contribution in [0, 0.1) is 6.92 Å². The number of hydrogen-bond donors (Lipinski definition) is 1. The minimum atomic E-state index is 0.446. The lowest BCUT2D eigenvalue weighted by Crippen LogP contribution is -2.15. The second-order valence-electron chi connectivity index (χ2n) is 5.98. The van der Waals surface area contributed by atoms with Gasteiger partial charge in [-0.2, -0.15) is 4.98 Å². The average Bonchev–Trinajstić information content (AvgIpc) is 3.28. The molecule has 0 aliphatic rings. The maximum atomic E-state index is 5.69. The number of nitrogens with zero attached hydrogens (tertiary/aromatic N) is 4. The van der Waals surface area contributed by atoms with Gasteiger partial charge in [0.05, 0.1) is 6.20 Å². The van der Waals surface area contributed by atoms with Crippen molar-refractivity contribution in [3.63, 3.8) is 0 Å². The standard InChI is InChI=1S/C19H19N5O2/c1-13-6-7-17-21-11-16(24(17)12-13)18-22-19(26-23-18)14-4-3-5-15(10-14)25-9-8-20-2/h3-7,10-12,20H,8-9H2,1-2H3. The lowest BCUT2D eigenvalue weighted by Gasteiger charge is -2.05. The summed E-state index contributed by atoms with van der Waals surface area (Å²) >= 11 is 0. The van der Waals surface area contributed by atoms with Crippen molar-refractivity contribution in [2.75, 3.05) is 20.2 Å². The smallest absolute Gasteiger partial charge is 0.258 e. The summed E-state index contributed by atoms with van der Waals surface area (Å²) in [4.78, 5) is 8.92. The van der Waals surface area contributed by atoms with Crippen molar-refractivity contribution in [3.05, 3.63) is 54.4 Å². The molecule has 0 radical (unpaired) electrons. The highest BCUT2D eigenvalue weighted by atomic mass is 16.5. The van der Waals surface area contributed by atoms with Gasteiger partial charge in [0.2, 0.25) is 5.82 Å². The first-order chi connectivity index (χ1) is 12.7. The third kappa shape index (κ3) is 3.16. The van der Waals surface area contributed by atoms with Crippen LogP contribution < -0.4 is 10.1 Å². The van der Waals surface area contributed by atoms with Crippen molar-refractivity contribution >= 4 is 5.65 Å². The number of fused-ring (bicyclic) bond motifs is 1. The molecule has 0 aliphatic heterocycles. The molecule has 0 atom stereocenters. The molecule has 0 saturated heterocycles. The molecule has 4 rings (SSSR count). The van der Waals surface area contributed by atoms with Crippen LogP contribution in [-0.2, 0) is 0 Å². The van der Waals surface area contributed by atoms with Crippen LogP contribution in [0.2, 0.25) is 0 Å². The quantitative estimate of drug-likeness (QED) is 0.539. The Labute approximate surface area is 150 Å². The highest BCUT2D eigenvalue weighted by molar-refractivity contribution is 5.61. The molecule has 1 aromatic carbocycles. The van der Waals surface area contributed by atoms with Gasteiger partial charge in [0.1, 0.15) is 23.7 Å². The second-order valence-corrected chi connectivity index (χ2v) is 5.98. The van der Waals surface area contributed by atoms with Crippen LogP contribution in [0.5, 0.6) is 5.75 Å². The van der Waals surface area contributed by atoms with E-state index in [-0.39, 0.29) is 0 Å². The minimum Gasteiger partial charge on any atom is -0.492 e. The number of likely N-dealkylation sites (N-methyl/N-ethyl adjacent to an activating group) is 1. The third-order valence-electron chi connectivity index (χ3n) is 4.01. The summed E-state index contributed by atoms with van der Waals surface area (Å²) in [6, 6.07) is 11.6. The summed E-state index contributed by atoms with van der Waals surface area (Å²) in [6.07, 6.45) is 3.75. The molecule has 7 nitrogen and oxygen atoms in total. The van der Waals surface area contributed by atoms with Crippen molar-refractivity contribution in [1.29, 1.82) is 0 Å². The Morgan fingerprint density at radius 1 is 1.23 bits per heavy atom. The number of aromatic nitrogens is 4. The van der Waals surface area contributed by atoms with Crippen LogP contribution in [0.15, 0.2) is 53.3 Å². The van der Waals surface area contributed by atoms with E-state index in [0.717, 1.165) is 34.8 Å². The molecule has 4 aromatic rings. The Bertz CT molecular complexity index is 1040. The highest BCUT2D eigenvalue weighted by Crippen LogP contribution is 2.25. The van der Waals surface area contributed by atoms with Crippen LogP contribution in [0.3, 0.4) is 0 Å². The van der Waals surface area contributed by atoms with Crippen LogP contribution in [0.1, 0.15) is 5.56 Å². The Balaban J connectivity index is 1.63. The molecule has 132 valence electrons. The summed E-state index contributed by atoms with van der Waals surface area (Å²) < 4.78 is 13.1. The Kier molecular flexibility index (Phi) is 4.37. The average molecular weight is 349 g/mol. The number of hydrogen-bond acceptors (Lipinski definition) is 6. The molecule has 0 aliphatic carbocycles.